The van der Waals surface area contributed by atoms with Crippen LogP contribution in [0, 0.1) is 6.92 Å². The van der Waals surface area contributed by atoms with Crippen molar-refractivity contribution in [1.29, 1.82) is 0 Å². The summed E-state index contributed by atoms with van der Waals surface area (Å²) >= 11 is 0. The number of aliphatic hydroxyl groups is 1. The lowest BCUT2D eigenvalue weighted by Gasteiger charge is -2.02. The SMILES string of the molecule is CC.CC.Cc1ccc(C(C)O)cc1. The van der Waals surface area contributed by atoms with E-state index >= 15 is 0 Å². The van der Waals surface area contributed by atoms with Crippen LogP contribution in [0.1, 0.15) is 51.8 Å². The Morgan fingerprint density at radius 2 is 1.29 bits per heavy atom. The van der Waals surface area contributed by atoms with Crippen LogP contribution < -0.4 is 0 Å². The van der Waals surface area contributed by atoms with E-state index in [4.69, 9.17) is 5.11 Å². The van der Waals surface area contributed by atoms with Crippen LogP contribution in [0.25, 0.3) is 0 Å². The fraction of sp³-hybridized carbons (Fsp3) is 0.538. The van der Waals surface area contributed by atoms with Gasteiger partial charge in [0.2, 0.25) is 0 Å². The molecule has 0 spiro atoms. The standard InChI is InChI=1S/C9H12O.2C2H6/c1-7-3-5-9(6-4-7)8(2)10;2*1-2/h3-6,8,10H,1-2H3;2*1-2H3. The summed E-state index contributed by atoms with van der Waals surface area (Å²) in [6, 6.07) is 7.89. The van der Waals surface area contributed by atoms with Gasteiger partial charge in [0.05, 0.1) is 6.10 Å². The van der Waals surface area contributed by atoms with Crippen LogP contribution in [0.3, 0.4) is 0 Å². The van der Waals surface area contributed by atoms with Crippen molar-refractivity contribution in [3.8, 4) is 0 Å². The van der Waals surface area contributed by atoms with Crippen molar-refractivity contribution >= 4 is 0 Å². The van der Waals surface area contributed by atoms with E-state index in [-0.39, 0.29) is 6.10 Å². The largest absolute Gasteiger partial charge is 0.389 e. The average Bonchev–Trinajstić information content (AvgIpc) is 2.24. The number of hydrogen-bond acceptors (Lipinski definition) is 1. The van der Waals surface area contributed by atoms with E-state index in [0.717, 1.165) is 5.56 Å². The number of benzene rings is 1. The molecule has 1 atom stereocenters. The highest BCUT2D eigenvalue weighted by atomic mass is 16.3. The molecule has 1 aromatic carbocycles. The third kappa shape index (κ3) is 6.67. The molecular formula is C13H24O. The Morgan fingerprint density at radius 3 is 1.57 bits per heavy atom. The molecule has 0 fully saturated rings. The topological polar surface area (TPSA) is 20.2 Å². The Bertz CT molecular complexity index is 199. The second kappa shape index (κ2) is 10.3. The highest BCUT2D eigenvalue weighted by molar-refractivity contribution is 5.22. The van der Waals surface area contributed by atoms with Crippen molar-refractivity contribution in [2.75, 3.05) is 0 Å². The number of aryl methyl sites for hydroxylation is 1. The zero-order valence-electron chi connectivity index (χ0n) is 10.3. The molecule has 0 aliphatic heterocycles. The molecule has 0 aliphatic rings. The van der Waals surface area contributed by atoms with Gasteiger partial charge in [-0.2, -0.15) is 0 Å². The zero-order valence-corrected chi connectivity index (χ0v) is 10.3. The number of aliphatic hydroxyl groups excluding tert-OH is 1. The minimum atomic E-state index is -0.347. The number of rotatable bonds is 1. The lowest BCUT2D eigenvalue weighted by atomic mass is 10.1. The van der Waals surface area contributed by atoms with E-state index in [1.807, 2.05) is 58.9 Å². The molecule has 82 valence electrons. The molecule has 0 amide bonds. The first-order chi connectivity index (χ1) is 6.70. The van der Waals surface area contributed by atoms with Gasteiger partial charge in [-0.1, -0.05) is 57.5 Å². The summed E-state index contributed by atoms with van der Waals surface area (Å²) in [6.45, 7) is 11.8. The molecule has 0 radical (unpaired) electrons. The van der Waals surface area contributed by atoms with Gasteiger partial charge in [0, 0.05) is 0 Å². The summed E-state index contributed by atoms with van der Waals surface area (Å²) in [7, 11) is 0. The Labute approximate surface area is 88.8 Å². The van der Waals surface area contributed by atoms with Crippen molar-refractivity contribution in [2.24, 2.45) is 0 Å². The highest BCUT2D eigenvalue weighted by Crippen LogP contribution is 2.11. The van der Waals surface area contributed by atoms with Crippen molar-refractivity contribution in [3.63, 3.8) is 0 Å². The summed E-state index contributed by atoms with van der Waals surface area (Å²) in [4.78, 5) is 0. The molecule has 0 aliphatic carbocycles. The molecule has 1 nitrogen and oxygen atoms in total. The number of hydrogen-bond donors (Lipinski definition) is 1. The Balaban J connectivity index is 0. The molecule has 1 rings (SSSR count). The van der Waals surface area contributed by atoms with Crippen LogP contribution in [0.15, 0.2) is 24.3 Å². The first kappa shape index (κ1) is 15.6. The van der Waals surface area contributed by atoms with E-state index in [2.05, 4.69) is 0 Å². The van der Waals surface area contributed by atoms with Gasteiger partial charge < -0.3 is 5.11 Å². The summed E-state index contributed by atoms with van der Waals surface area (Å²) in [5.74, 6) is 0. The molecule has 1 unspecified atom stereocenters. The molecule has 1 N–H and O–H groups in total. The summed E-state index contributed by atoms with van der Waals surface area (Å²) < 4.78 is 0. The minimum absolute atomic E-state index is 0.347. The van der Waals surface area contributed by atoms with Crippen molar-refractivity contribution in [3.05, 3.63) is 35.4 Å². The maximum Gasteiger partial charge on any atom is 0.0761 e. The molecule has 1 heteroatoms. The summed E-state index contributed by atoms with van der Waals surface area (Å²) in [5.41, 5.74) is 2.20. The van der Waals surface area contributed by atoms with Crippen molar-refractivity contribution in [2.45, 2.75) is 47.6 Å². The Kier molecular flexibility index (Phi) is 11.5. The molecule has 1 aromatic rings. The van der Waals surface area contributed by atoms with Crippen LogP contribution in [0.5, 0.6) is 0 Å². The van der Waals surface area contributed by atoms with Crippen molar-refractivity contribution in [1.82, 2.24) is 0 Å². The fourth-order valence-corrected chi connectivity index (χ4v) is 0.845. The second-order valence-electron chi connectivity index (χ2n) is 2.59. The first-order valence-electron chi connectivity index (χ1n) is 5.45. The first-order valence-corrected chi connectivity index (χ1v) is 5.45. The van der Waals surface area contributed by atoms with Gasteiger partial charge in [-0.05, 0) is 19.4 Å². The maximum atomic E-state index is 9.11. The van der Waals surface area contributed by atoms with Gasteiger partial charge in [-0.15, -0.1) is 0 Å². The Hall–Kier alpha value is -0.820. The minimum Gasteiger partial charge on any atom is -0.389 e. The maximum absolute atomic E-state index is 9.11. The predicted molar refractivity (Wildman–Crippen MR) is 64.5 cm³/mol. The van der Waals surface area contributed by atoms with Gasteiger partial charge in [0.15, 0.2) is 0 Å². The van der Waals surface area contributed by atoms with Gasteiger partial charge >= 0.3 is 0 Å². The summed E-state index contributed by atoms with van der Waals surface area (Å²) in [6.07, 6.45) is -0.347. The average molecular weight is 196 g/mol. The van der Waals surface area contributed by atoms with E-state index in [1.54, 1.807) is 6.92 Å². The predicted octanol–water partition coefficient (Wildman–Crippen LogP) is 4.10. The molecule has 0 bridgehead atoms. The molecule has 0 saturated carbocycles. The monoisotopic (exact) mass is 196 g/mol. The van der Waals surface area contributed by atoms with E-state index < -0.39 is 0 Å². The molecular weight excluding hydrogens is 172 g/mol. The van der Waals surface area contributed by atoms with E-state index in [9.17, 15) is 0 Å². The van der Waals surface area contributed by atoms with Crippen molar-refractivity contribution < 1.29 is 5.11 Å². The molecule has 0 aromatic heterocycles. The van der Waals surface area contributed by atoms with Gasteiger partial charge in [-0.3, -0.25) is 0 Å². The van der Waals surface area contributed by atoms with Gasteiger partial charge in [0.1, 0.15) is 0 Å². The Morgan fingerprint density at radius 1 is 0.929 bits per heavy atom. The third-order valence-corrected chi connectivity index (χ3v) is 1.56. The van der Waals surface area contributed by atoms with Crippen LogP contribution in [0.4, 0.5) is 0 Å². The van der Waals surface area contributed by atoms with Crippen LogP contribution in [-0.2, 0) is 0 Å². The van der Waals surface area contributed by atoms with E-state index in [0.29, 0.717) is 0 Å². The van der Waals surface area contributed by atoms with Crippen LogP contribution >= 0.6 is 0 Å². The lowest BCUT2D eigenvalue weighted by molar-refractivity contribution is 0.199. The third-order valence-electron chi connectivity index (χ3n) is 1.56. The van der Waals surface area contributed by atoms with Crippen LogP contribution in [-0.4, -0.2) is 5.11 Å². The fourth-order valence-electron chi connectivity index (χ4n) is 0.845. The molecule has 14 heavy (non-hydrogen) atoms. The zero-order chi connectivity index (χ0) is 11.6. The van der Waals surface area contributed by atoms with Gasteiger partial charge in [0.25, 0.3) is 0 Å². The lowest BCUT2D eigenvalue weighted by Crippen LogP contribution is -1.89. The van der Waals surface area contributed by atoms with E-state index in [1.165, 1.54) is 5.56 Å². The van der Waals surface area contributed by atoms with Gasteiger partial charge in [-0.25, -0.2) is 0 Å². The highest BCUT2D eigenvalue weighted by Gasteiger charge is 1.96. The summed E-state index contributed by atoms with van der Waals surface area (Å²) in [5, 5.41) is 9.11. The normalized spacial score (nSPS) is 10.2. The smallest absolute Gasteiger partial charge is 0.0761 e. The molecule has 0 heterocycles. The molecule has 0 saturated heterocycles. The van der Waals surface area contributed by atoms with Crippen LogP contribution in [0.2, 0.25) is 0 Å². The second-order valence-corrected chi connectivity index (χ2v) is 2.59. The quantitative estimate of drug-likeness (QED) is 0.717.